The van der Waals surface area contributed by atoms with Crippen molar-refractivity contribution in [1.29, 1.82) is 0 Å². The van der Waals surface area contributed by atoms with Gasteiger partial charge in [0.15, 0.2) is 0 Å². The molecule has 2 bridgehead atoms. The van der Waals surface area contributed by atoms with E-state index in [0.717, 1.165) is 57.6 Å². The van der Waals surface area contributed by atoms with E-state index >= 15 is 0 Å². The molecular formula is C27H34N2O2S. The molecule has 2 N–H and O–H groups in total. The van der Waals surface area contributed by atoms with Gasteiger partial charge in [-0.25, -0.2) is 0 Å². The molecule has 2 aliphatic heterocycles. The van der Waals surface area contributed by atoms with E-state index in [4.69, 9.17) is 0 Å². The monoisotopic (exact) mass is 450 g/mol. The van der Waals surface area contributed by atoms with Gasteiger partial charge in [-0.15, -0.1) is 11.3 Å². The Morgan fingerprint density at radius 3 is 2.28 bits per heavy atom. The molecule has 0 radical (unpaired) electrons. The largest absolute Gasteiger partial charge is 0.396 e. The molecule has 0 aliphatic carbocycles. The number of aromatic amines is 1. The van der Waals surface area contributed by atoms with Crippen molar-refractivity contribution in [2.24, 2.45) is 0 Å². The highest BCUT2D eigenvalue weighted by molar-refractivity contribution is 7.19. The number of nitrogens with zero attached hydrogens (tertiary/aromatic N) is 1. The van der Waals surface area contributed by atoms with Gasteiger partial charge in [0.1, 0.15) is 4.83 Å². The molecule has 0 saturated carbocycles. The highest BCUT2D eigenvalue weighted by atomic mass is 32.1. The molecule has 0 spiro atoms. The van der Waals surface area contributed by atoms with E-state index in [-0.39, 0.29) is 18.4 Å². The number of aliphatic hydroxyl groups excluding tert-OH is 1. The second kappa shape index (κ2) is 7.74. The Labute approximate surface area is 194 Å². The van der Waals surface area contributed by atoms with Gasteiger partial charge in [0.25, 0.3) is 0 Å². The zero-order valence-electron chi connectivity index (χ0n) is 19.8. The molecule has 2 saturated heterocycles. The fraction of sp³-hybridized carbons (Fsp3) is 0.519. The van der Waals surface area contributed by atoms with Crippen LogP contribution in [0.1, 0.15) is 73.9 Å². The fourth-order valence-electron chi connectivity index (χ4n) is 5.93. The Hall–Kier alpha value is -2.11. The van der Waals surface area contributed by atoms with Crippen LogP contribution in [0.3, 0.4) is 0 Å². The van der Waals surface area contributed by atoms with E-state index in [1.165, 1.54) is 11.1 Å². The summed E-state index contributed by atoms with van der Waals surface area (Å²) in [5.74, 6) is 0.285. The minimum Gasteiger partial charge on any atom is -0.396 e. The number of benzene rings is 1. The molecule has 1 aromatic carbocycles. The number of aromatic nitrogens is 1. The zero-order valence-corrected chi connectivity index (χ0v) is 20.6. The second-order valence-corrected chi connectivity index (χ2v) is 11.6. The SMILES string of the molecule is Cc1cc(C)cc(-c2[nH]c3sc(C(C)(C)C(=O)N4C5CCC4CC5)cc3c2[C@H](C)CO)c1. The third-order valence-electron chi connectivity index (χ3n) is 7.65. The molecule has 3 aromatic rings. The van der Waals surface area contributed by atoms with Crippen LogP contribution >= 0.6 is 11.3 Å². The average Bonchev–Trinajstić information content (AvgIpc) is 3.50. The predicted molar refractivity (Wildman–Crippen MR) is 133 cm³/mol. The van der Waals surface area contributed by atoms with Crippen molar-refractivity contribution >= 4 is 27.5 Å². The first-order valence-corrected chi connectivity index (χ1v) is 12.7. The Balaban J connectivity index is 1.58. The number of rotatable bonds is 5. The molecule has 0 unspecified atom stereocenters. The molecule has 5 heteroatoms. The van der Waals surface area contributed by atoms with Crippen LogP contribution in [0.5, 0.6) is 0 Å². The van der Waals surface area contributed by atoms with Crippen molar-refractivity contribution in [3.63, 3.8) is 0 Å². The van der Waals surface area contributed by atoms with Crippen LogP contribution in [-0.2, 0) is 10.2 Å². The van der Waals surface area contributed by atoms with Crippen LogP contribution in [0.15, 0.2) is 24.3 Å². The third kappa shape index (κ3) is 3.32. The van der Waals surface area contributed by atoms with E-state index < -0.39 is 5.41 Å². The number of aliphatic hydroxyl groups is 1. The summed E-state index contributed by atoms with van der Waals surface area (Å²) in [5.41, 5.74) is 5.32. The summed E-state index contributed by atoms with van der Waals surface area (Å²) >= 11 is 1.70. The number of fused-ring (bicyclic) bond motifs is 3. The first-order chi connectivity index (χ1) is 15.2. The summed E-state index contributed by atoms with van der Waals surface area (Å²) in [5, 5.41) is 11.2. The molecular weight excluding hydrogens is 416 g/mol. The number of thiophene rings is 1. The number of hydrogen-bond donors (Lipinski definition) is 2. The summed E-state index contributed by atoms with van der Waals surface area (Å²) in [6, 6.07) is 9.68. The van der Waals surface area contributed by atoms with Gasteiger partial charge in [-0.05, 0) is 82.7 Å². The van der Waals surface area contributed by atoms with E-state index in [9.17, 15) is 9.90 Å². The molecule has 4 nitrogen and oxygen atoms in total. The van der Waals surface area contributed by atoms with Gasteiger partial charge < -0.3 is 15.0 Å². The van der Waals surface area contributed by atoms with E-state index in [2.05, 4.69) is 68.8 Å². The van der Waals surface area contributed by atoms with Crippen LogP contribution in [0, 0.1) is 13.8 Å². The topological polar surface area (TPSA) is 56.3 Å². The molecule has 4 heterocycles. The van der Waals surface area contributed by atoms with E-state index in [1.807, 2.05) is 0 Å². The lowest BCUT2D eigenvalue weighted by Crippen LogP contribution is -2.45. The average molecular weight is 451 g/mol. The Kier molecular flexibility index (Phi) is 5.25. The molecule has 170 valence electrons. The maximum Gasteiger partial charge on any atom is 0.233 e. The molecule has 32 heavy (non-hydrogen) atoms. The number of amides is 1. The van der Waals surface area contributed by atoms with Gasteiger partial charge in [-0.1, -0.05) is 24.1 Å². The fourth-order valence-corrected chi connectivity index (χ4v) is 7.10. The van der Waals surface area contributed by atoms with Gasteiger partial charge >= 0.3 is 0 Å². The lowest BCUT2D eigenvalue weighted by Gasteiger charge is -2.31. The van der Waals surface area contributed by atoms with Crippen molar-refractivity contribution in [2.45, 2.75) is 83.7 Å². The lowest BCUT2D eigenvalue weighted by molar-refractivity contribution is -0.137. The Morgan fingerprint density at radius 2 is 1.72 bits per heavy atom. The van der Waals surface area contributed by atoms with Crippen LogP contribution in [0.25, 0.3) is 21.5 Å². The van der Waals surface area contributed by atoms with Crippen molar-refractivity contribution in [1.82, 2.24) is 9.88 Å². The quantitative estimate of drug-likeness (QED) is 0.498. The van der Waals surface area contributed by atoms with Crippen molar-refractivity contribution in [3.8, 4) is 11.3 Å². The number of carbonyl (C=O) groups excluding carboxylic acids is 1. The summed E-state index contributed by atoms with van der Waals surface area (Å²) in [4.78, 5) is 21.7. The maximum absolute atomic E-state index is 13.6. The minimum atomic E-state index is -0.546. The molecule has 2 aliphatic rings. The molecule has 1 atom stereocenters. The highest BCUT2D eigenvalue weighted by Crippen LogP contribution is 2.45. The van der Waals surface area contributed by atoms with E-state index in [0.29, 0.717) is 12.1 Å². The van der Waals surface area contributed by atoms with Gasteiger partial charge in [0, 0.05) is 34.9 Å². The Bertz CT molecular complexity index is 1150. The molecule has 2 fully saturated rings. The van der Waals surface area contributed by atoms with E-state index in [1.54, 1.807) is 11.3 Å². The van der Waals surface area contributed by atoms with Gasteiger partial charge in [-0.3, -0.25) is 4.79 Å². The zero-order chi connectivity index (χ0) is 22.8. The first-order valence-electron chi connectivity index (χ1n) is 11.9. The number of nitrogens with one attached hydrogen (secondary N) is 1. The van der Waals surface area contributed by atoms with Gasteiger partial charge in [0.2, 0.25) is 5.91 Å². The Morgan fingerprint density at radius 1 is 1.12 bits per heavy atom. The number of H-pyrrole nitrogens is 1. The maximum atomic E-state index is 13.6. The minimum absolute atomic E-state index is 0.00950. The van der Waals surface area contributed by atoms with Crippen molar-refractivity contribution in [3.05, 3.63) is 45.8 Å². The highest BCUT2D eigenvalue weighted by Gasteiger charge is 2.47. The smallest absolute Gasteiger partial charge is 0.233 e. The van der Waals surface area contributed by atoms with Crippen LogP contribution in [0.4, 0.5) is 0 Å². The first kappa shape index (κ1) is 21.7. The third-order valence-corrected chi connectivity index (χ3v) is 9.02. The number of hydrogen-bond acceptors (Lipinski definition) is 3. The summed E-state index contributed by atoms with van der Waals surface area (Å²) in [6.45, 7) is 10.6. The predicted octanol–water partition coefficient (Wildman–Crippen LogP) is 6.04. The van der Waals surface area contributed by atoms with Crippen LogP contribution in [0.2, 0.25) is 0 Å². The van der Waals surface area contributed by atoms with Crippen LogP contribution in [-0.4, -0.2) is 39.6 Å². The van der Waals surface area contributed by atoms with Crippen molar-refractivity contribution < 1.29 is 9.90 Å². The van der Waals surface area contributed by atoms with Crippen molar-refractivity contribution in [2.75, 3.05) is 6.61 Å². The van der Waals surface area contributed by atoms with Crippen LogP contribution < -0.4 is 0 Å². The second-order valence-electron chi connectivity index (χ2n) is 10.5. The van der Waals surface area contributed by atoms with Gasteiger partial charge in [-0.2, -0.15) is 0 Å². The summed E-state index contributed by atoms with van der Waals surface area (Å²) in [7, 11) is 0. The summed E-state index contributed by atoms with van der Waals surface area (Å²) < 4.78 is 0. The lowest BCUT2D eigenvalue weighted by atomic mass is 9.88. The molecule has 1 amide bonds. The summed E-state index contributed by atoms with van der Waals surface area (Å²) in [6.07, 6.45) is 4.65. The standard InChI is InChI=1S/C27H34N2O2S/c1-15-10-16(2)12-18(11-15)24-23(17(3)14-30)21-13-22(32-25(21)28-24)27(4,5)26(31)29-19-6-7-20(29)9-8-19/h10-13,17,19-20,28,30H,6-9,14H2,1-5H3/t17-,19?,20?/m1/s1. The normalized spacial score (nSPS) is 21.6. The van der Waals surface area contributed by atoms with Gasteiger partial charge in [0.05, 0.1) is 11.1 Å². The molecule has 2 aromatic heterocycles. The number of carbonyl (C=O) groups is 1. The molecule has 5 rings (SSSR count). The number of aryl methyl sites for hydroxylation is 2.